The second-order valence-electron chi connectivity index (χ2n) is 3.38. The maximum absolute atomic E-state index is 5.89. The smallest absolute Gasteiger partial charge is 0.130 e. The van der Waals surface area contributed by atoms with Gasteiger partial charge in [-0.25, -0.2) is 4.98 Å². The number of aromatic nitrogens is 1. The number of fused-ring (bicyclic) bond motifs is 1. The Hall–Kier alpha value is -0.600. The van der Waals surface area contributed by atoms with Gasteiger partial charge in [0.25, 0.3) is 0 Å². The van der Waals surface area contributed by atoms with Gasteiger partial charge in [0.1, 0.15) is 5.15 Å². The molecule has 72 valence electrons. The van der Waals surface area contributed by atoms with Crippen LogP contribution < -0.4 is 0 Å². The van der Waals surface area contributed by atoms with Crippen molar-refractivity contribution in [2.24, 2.45) is 0 Å². The van der Waals surface area contributed by atoms with Crippen molar-refractivity contribution in [1.82, 2.24) is 4.98 Å². The Morgan fingerprint density at radius 1 is 1.14 bits per heavy atom. The van der Waals surface area contributed by atoms with E-state index in [-0.39, 0.29) is 0 Å². The standard InChI is InChI=1S/C11H9BrClN/c1-6-4-11(13)14-10-5-9(12)7(2)3-8(6)10/h3-5H,1-2H3. The van der Waals surface area contributed by atoms with Crippen molar-refractivity contribution in [2.75, 3.05) is 0 Å². The first-order valence-corrected chi connectivity index (χ1v) is 5.48. The van der Waals surface area contributed by atoms with Gasteiger partial charge in [0.2, 0.25) is 0 Å². The Bertz CT molecular complexity index is 508. The molecule has 0 fully saturated rings. The number of rotatable bonds is 0. The van der Waals surface area contributed by atoms with Gasteiger partial charge in [0.05, 0.1) is 5.52 Å². The van der Waals surface area contributed by atoms with E-state index in [1.165, 1.54) is 5.56 Å². The Balaban J connectivity index is 2.89. The zero-order chi connectivity index (χ0) is 10.3. The van der Waals surface area contributed by atoms with Crippen LogP contribution in [0.1, 0.15) is 11.1 Å². The lowest BCUT2D eigenvalue weighted by Crippen LogP contribution is -1.86. The summed E-state index contributed by atoms with van der Waals surface area (Å²) in [6, 6.07) is 6.01. The third kappa shape index (κ3) is 1.64. The van der Waals surface area contributed by atoms with Crippen LogP contribution in [-0.2, 0) is 0 Å². The minimum atomic E-state index is 0.547. The van der Waals surface area contributed by atoms with Crippen molar-refractivity contribution in [1.29, 1.82) is 0 Å². The van der Waals surface area contributed by atoms with Crippen molar-refractivity contribution in [2.45, 2.75) is 13.8 Å². The molecule has 0 saturated heterocycles. The van der Waals surface area contributed by atoms with Gasteiger partial charge in [-0.15, -0.1) is 0 Å². The predicted octanol–water partition coefficient (Wildman–Crippen LogP) is 4.27. The average Bonchev–Trinajstić information content (AvgIpc) is 2.08. The number of nitrogens with zero attached hydrogens (tertiary/aromatic N) is 1. The maximum atomic E-state index is 5.89. The fourth-order valence-electron chi connectivity index (χ4n) is 1.48. The molecule has 0 atom stereocenters. The van der Waals surface area contributed by atoms with Gasteiger partial charge in [-0.1, -0.05) is 27.5 Å². The van der Waals surface area contributed by atoms with Gasteiger partial charge in [-0.05, 0) is 43.2 Å². The Morgan fingerprint density at radius 2 is 1.86 bits per heavy atom. The molecule has 1 nitrogen and oxygen atoms in total. The van der Waals surface area contributed by atoms with Crippen molar-refractivity contribution in [3.05, 3.63) is 39.0 Å². The zero-order valence-corrected chi connectivity index (χ0v) is 10.3. The maximum Gasteiger partial charge on any atom is 0.130 e. The molecule has 2 aromatic rings. The number of halogens is 2. The SMILES string of the molecule is Cc1cc2c(C)cc(Cl)nc2cc1Br. The van der Waals surface area contributed by atoms with E-state index in [4.69, 9.17) is 11.6 Å². The molecule has 0 aliphatic rings. The molecule has 1 aromatic heterocycles. The summed E-state index contributed by atoms with van der Waals surface area (Å²) in [6.07, 6.45) is 0. The highest BCUT2D eigenvalue weighted by molar-refractivity contribution is 9.10. The highest BCUT2D eigenvalue weighted by atomic mass is 79.9. The first-order chi connectivity index (χ1) is 6.58. The highest BCUT2D eigenvalue weighted by Gasteiger charge is 2.04. The number of hydrogen-bond acceptors (Lipinski definition) is 1. The fraction of sp³-hybridized carbons (Fsp3) is 0.182. The lowest BCUT2D eigenvalue weighted by Gasteiger charge is -2.05. The van der Waals surface area contributed by atoms with Crippen LogP contribution in [0.25, 0.3) is 10.9 Å². The Morgan fingerprint density at radius 3 is 2.57 bits per heavy atom. The largest absolute Gasteiger partial charge is 0.236 e. The molecular formula is C11H9BrClN. The second-order valence-corrected chi connectivity index (χ2v) is 4.62. The van der Waals surface area contributed by atoms with Gasteiger partial charge in [-0.2, -0.15) is 0 Å². The molecule has 0 aliphatic carbocycles. The molecule has 0 aliphatic heterocycles. The first kappa shape index (κ1) is 9.94. The van der Waals surface area contributed by atoms with E-state index in [1.54, 1.807) is 0 Å². The van der Waals surface area contributed by atoms with Crippen molar-refractivity contribution in [3.8, 4) is 0 Å². The van der Waals surface area contributed by atoms with E-state index in [0.29, 0.717) is 5.15 Å². The van der Waals surface area contributed by atoms with Gasteiger partial charge in [0.15, 0.2) is 0 Å². The lowest BCUT2D eigenvalue weighted by atomic mass is 10.1. The number of aryl methyl sites for hydroxylation is 2. The third-order valence-electron chi connectivity index (χ3n) is 2.26. The first-order valence-electron chi connectivity index (χ1n) is 4.31. The molecule has 1 aromatic carbocycles. The lowest BCUT2D eigenvalue weighted by molar-refractivity contribution is 1.34. The van der Waals surface area contributed by atoms with Crippen LogP contribution in [0.15, 0.2) is 22.7 Å². The number of pyridine rings is 1. The number of hydrogen-bond donors (Lipinski definition) is 0. The summed E-state index contributed by atoms with van der Waals surface area (Å²) in [7, 11) is 0. The molecule has 2 rings (SSSR count). The summed E-state index contributed by atoms with van der Waals surface area (Å²) in [4.78, 5) is 4.27. The molecule has 0 radical (unpaired) electrons. The fourth-order valence-corrected chi connectivity index (χ4v) is 2.07. The second kappa shape index (κ2) is 3.52. The van der Waals surface area contributed by atoms with Crippen LogP contribution in [0.2, 0.25) is 5.15 Å². The molecule has 0 N–H and O–H groups in total. The van der Waals surface area contributed by atoms with Crippen molar-refractivity contribution in [3.63, 3.8) is 0 Å². The van der Waals surface area contributed by atoms with Crippen molar-refractivity contribution >= 4 is 38.4 Å². The van der Waals surface area contributed by atoms with Crippen LogP contribution in [0.3, 0.4) is 0 Å². The minimum Gasteiger partial charge on any atom is -0.236 e. The van der Waals surface area contributed by atoms with Gasteiger partial charge < -0.3 is 0 Å². The van der Waals surface area contributed by atoms with Gasteiger partial charge >= 0.3 is 0 Å². The normalized spacial score (nSPS) is 10.9. The van der Waals surface area contributed by atoms with Gasteiger partial charge in [-0.3, -0.25) is 0 Å². The highest BCUT2D eigenvalue weighted by Crippen LogP contribution is 2.26. The summed E-state index contributed by atoms with van der Waals surface area (Å²) in [5.74, 6) is 0. The Kier molecular flexibility index (Phi) is 2.50. The monoisotopic (exact) mass is 269 g/mol. The molecule has 3 heteroatoms. The Labute approximate surface area is 96.2 Å². The van der Waals surface area contributed by atoms with E-state index in [0.717, 1.165) is 20.9 Å². The molecule has 0 amide bonds. The summed E-state index contributed by atoms with van der Waals surface area (Å²) in [6.45, 7) is 4.11. The van der Waals surface area contributed by atoms with Crippen LogP contribution in [-0.4, -0.2) is 4.98 Å². The third-order valence-corrected chi connectivity index (χ3v) is 3.31. The summed E-state index contributed by atoms with van der Waals surface area (Å²) < 4.78 is 1.07. The van der Waals surface area contributed by atoms with Crippen LogP contribution in [0.5, 0.6) is 0 Å². The molecule has 0 unspecified atom stereocenters. The predicted molar refractivity (Wildman–Crippen MR) is 63.9 cm³/mol. The van der Waals surface area contributed by atoms with E-state index in [1.807, 2.05) is 19.1 Å². The molecular weight excluding hydrogens is 261 g/mol. The van der Waals surface area contributed by atoms with Crippen LogP contribution in [0, 0.1) is 13.8 Å². The minimum absolute atomic E-state index is 0.547. The quantitative estimate of drug-likeness (QED) is 0.652. The van der Waals surface area contributed by atoms with E-state index < -0.39 is 0 Å². The number of benzene rings is 1. The van der Waals surface area contributed by atoms with E-state index >= 15 is 0 Å². The van der Waals surface area contributed by atoms with Crippen LogP contribution in [0.4, 0.5) is 0 Å². The van der Waals surface area contributed by atoms with Crippen molar-refractivity contribution < 1.29 is 0 Å². The molecule has 0 spiro atoms. The van der Waals surface area contributed by atoms with Gasteiger partial charge in [0, 0.05) is 9.86 Å². The van der Waals surface area contributed by atoms with Crippen LogP contribution >= 0.6 is 27.5 Å². The molecule has 0 saturated carbocycles. The molecule has 0 bridgehead atoms. The summed E-state index contributed by atoms with van der Waals surface area (Å²) >= 11 is 9.37. The summed E-state index contributed by atoms with van der Waals surface area (Å²) in [5.41, 5.74) is 3.31. The molecule has 1 heterocycles. The van der Waals surface area contributed by atoms with E-state index in [9.17, 15) is 0 Å². The topological polar surface area (TPSA) is 12.9 Å². The zero-order valence-electron chi connectivity index (χ0n) is 7.94. The van der Waals surface area contributed by atoms with E-state index in [2.05, 4.69) is 33.9 Å². The average molecular weight is 271 g/mol. The molecule has 14 heavy (non-hydrogen) atoms. The summed E-state index contributed by atoms with van der Waals surface area (Å²) in [5, 5.41) is 1.71.